The first kappa shape index (κ1) is 26.3. The Kier molecular flexibility index (Phi) is 7.34. The molecule has 0 bridgehead atoms. The maximum absolute atomic E-state index is 13.6. The van der Waals surface area contributed by atoms with E-state index in [1.807, 2.05) is 0 Å². The molecule has 2 unspecified atom stereocenters. The number of phenolic OH excluding ortho intramolecular Hbond substituents is 2. The third kappa shape index (κ3) is 4.47. The van der Waals surface area contributed by atoms with Crippen molar-refractivity contribution in [2.75, 3.05) is 27.9 Å². The molecule has 200 valence electrons. The van der Waals surface area contributed by atoms with Crippen molar-refractivity contribution >= 4 is 11.0 Å². The Labute approximate surface area is 209 Å². The highest BCUT2D eigenvalue weighted by molar-refractivity contribution is 5.91. The molecule has 6 N–H and O–H groups in total. The number of aliphatic hydroxyl groups excluding tert-OH is 4. The molecule has 0 aliphatic carbocycles. The lowest BCUT2D eigenvalue weighted by Crippen LogP contribution is -2.60. The van der Waals surface area contributed by atoms with E-state index in [0.717, 1.165) is 6.07 Å². The van der Waals surface area contributed by atoms with Crippen LogP contribution in [0.1, 0.15) is 0 Å². The lowest BCUT2D eigenvalue weighted by molar-refractivity contribution is -0.277. The second-order valence-electron chi connectivity index (χ2n) is 8.13. The molecular weight excluding hydrogens is 496 g/mol. The standard InChI is InChI=1S/C24H26O13/c1-32-12-6-9(4-5-10(12)26)20-23(34-3)17(29)15-13(35-20)7-11(27)21(33-2)22(15)37-24-19(31)18(30)16(28)14(8-25)36-24/h4-7,14,16,18-19,24-28,30-31H,8H2,1-3H3/t14?,16-,18+,19?,24+/m1/s1. The Bertz CT molecular complexity index is 1350. The normalized spacial score (nSPS) is 23.6. The molecule has 0 radical (unpaired) electrons. The van der Waals surface area contributed by atoms with Crippen LogP contribution in [0.15, 0.2) is 33.5 Å². The summed E-state index contributed by atoms with van der Waals surface area (Å²) in [6, 6.07) is 5.31. The van der Waals surface area contributed by atoms with Crippen molar-refractivity contribution in [3.63, 3.8) is 0 Å². The van der Waals surface area contributed by atoms with Crippen molar-refractivity contribution in [3.8, 4) is 45.8 Å². The molecule has 1 saturated heterocycles. The number of benzene rings is 2. The Morgan fingerprint density at radius 2 is 1.57 bits per heavy atom. The summed E-state index contributed by atoms with van der Waals surface area (Å²) in [7, 11) is 3.77. The lowest BCUT2D eigenvalue weighted by Gasteiger charge is -2.39. The first-order valence-corrected chi connectivity index (χ1v) is 11.0. The van der Waals surface area contributed by atoms with Crippen molar-refractivity contribution in [1.29, 1.82) is 0 Å². The smallest absolute Gasteiger partial charge is 0.239 e. The van der Waals surface area contributed by atoms with Gasteiger partial charge in [0.25, 0.3) is 0 Å². The van der Waals surface area contributed by atoms with E-state index < -0.39 is 54.2 Å². The third-order valence-electron chi connectivity index (χ3n) is 5.96. The Morgan fingerprint density at radius 3 is 2.19 bits per heavy atom. The van der Waals surface area contributed by atoms with Gasteiger partial charge in [0, 0.05) is 11.6 Å². The number of hydrogen-bond donors (Lipinski definition) is 6. The van der Waals surface area contributed by atoms with Crippen LogP contribution in [0.2, 0.25) is 0 Å². The minimum atomic E-state index is -1.81. The summed E-state index contributed by atoms with van der Waals surface area (Å²) in [5.41, 5.74) is -0.633. The van der Waals surface area contributed by atoms with E-state index in [1.54, 1.807) is 0 Å². The molecule has 37 heavy (non-hydrogen) atoms. The van der Waals surface area contributed by atoms with E-state index in [0.29, 0.717) is 5.56 Å². The van der Waals surface area contributed by atoms with Gasteiger partial charge in [-0.25, -0.2) is 0 Å². The molecule has 4 rings (SSSR count). The van der Waals surface area contributed by atoms with E-state index in [-0.39, 0.29) is 39.7 Å². The van der Waals surface area contributed by atoms with Crippen molar-refractivity contribution in [2.24, 2.45) is 0 Å². The number of aromatic hydroxyl groups is 2. The average Bonchev–Trinajstić information content (AvgIpc) is 2.88. The SMILES string of the molecule is COc1cc(-c2oc3cc(O)c(OC)c(O[C@@H]4OC(CO)[C@@H](O)[C@H](O)C4O)c3c(=O)c2OC)ccc1O. The molecular formula is C24H26O13. The topological polar surface area (TPSA) is 198 Å². The van der Waals surface area contributed by atoms with Crippen LogP contribution in [0.25, 0.3) is 22.3 Å². The van der Waals surface area contributed by atoms with E-state index in [9.17, 15) is 35.4 Å². The fourth-order valence-electron chi connectivity index (χ4n) is 4.06. The quantitative estimate of drug-likeness (QED) is 0.244. The van der Waals surface area contributed by atoms with Gasteiger partial charge >= 0.3 is 0 Å². The van der Waals surface area contributed by atoms with Gasteiger partial charge < -0.3 is 58.7 Å². The van der Waals surface area contributed by atoms with Gasteiger partial charge in [0.05, 0.1) is 27.9 Å². The zero-order chi connectivity index (χ0) is 27.0. The fourth-order valence-corrected chi connectivity index (χ4v) is 4.06. The molecule has 1 aliphatic heterocycles. The Balaban J connectivity index is 1.93. The van der Waals surface area contributed by atoms with Gasteiger partial charge in [-0.3, -0.25) is 4.79 Å². The molecule has 1 fully saturated rings. The minimum Gasteiger partial charge on any atom is -0.504 e. The largest absolute Gasteiger partial charge is 0.504 e. The third-order valence-corrected chi connectivity index (χ3v) is 5.96. The summed E-state index contributed by atoms with van der Waals surface area (Å²) >= 11 is 0. The number of ether oxygens (including phenoxy) is 5. The summed E-state index contributed by atoms with van der Waals surface area (Å²) in [4.78, 5) is 13.6. The van der Waals surface area contributed by atoms with Crippen molar-refractivity contribution < 1.29 is 58.7 Å². The molecule has 13 nitrogen and oxygen atoms in total. The molecule has 0 spiro atoms. The zero-order valence-electron chi connectivity index (χ0n) is 19.9. The Morgan fingerprint density at radius 1 is 0.865 bits per heavy atom. The number of phenols is 2. The first-order valence-electron chi connectivity index (χ1n) is 11.0. The summed E-state index contributed by atoms with van der Waals surface area (Å²) < 4.78 is 32.6. The maximum atomic E-state index is 13.6. The van der Waals surface area contributed by atoms with E-state index in [2.05, 4.69) is 0 Å². The molecule has 1 aromatic heterocycles. The van der Waals surface area contributed by atoms with Gasteiger partial charge in [0.2, 0.25) is 23.2 Å². The summed E-state index contributed by atoms with van der Waals surface area (Å²) in [6.45, 7) is -0.710. The van der Waals surface area contributed by atoms with E-state index in [4.69, 9.17) is 28.1 Å². The zero-order valence-corrected chi connectivity index (χ0v) is 19.9. The molecule has 1 aliphatic rings. The average molecular weight is 522 g/mol. The van der Waals surface area contributed by atoms with Gasteiger partial charge in [-0.2, -0.15) is 0 Å². The molecule has 2 heterocycles. The monoisotopic (exact) mass is 522 g/mol. The van der Waals surface area contributed by atoms with Crippen LogP contribution in [0.5, 0.6) is 34.5 Å². The molecule has 2 aromatic carbocycles. The van der Waals surface area contributed by atoms with Gasteiger partial charge in [-0.1, -0.05) is 0 Å². The van der Waals surface area contributed by atoms with Crippen LogP contribution in [0.3, 0.4) is 0 Å². The first-order chi connectivity index (χ1) is 17.7. The number of rotatable bonds is 7. The molecule has 5 atom stereocenters. The number of hydrogen-bond acceptors (Lipinski definition) is 13. The van der Waals surface area contributed by atoms with Crippen LogP contribution < -0.4 is 24.4 Å². The van der Waals surface area contributed by atoms with Crippen molar-refractivity contribution in [2.45, 2.75) is 30.7 Å². The van der Waals surface area contributed by atoms with Crippen LogP contribution in [-0.4, -0.2) is 89.3 Å². The van der Waals surface area contributed by atoms with Gasteiger partial charge in [-0.15, -0.1) is 0 Å². The summed E-state index contributed by atoms with van der Waals surface area (Å²) in [5, 5.41) is 60.3. The summed E-state index contributed by atoms with van der Waals surface area (Å²) in [6.07, 6.45) is -8.19. The van der Waals surface area contributed by atoms with Gasteiger partial charge in [0.1, 0.15) is 35.4 Å². The Hall–Kier alpha value is -3.75. The molecule has 0 saturated carbocycles. The predicted molar refractivity (Wildman–Crippen MR) is 125 cm³/mol. The van der Waals surface area contributed by atoms with Crippen LogP contribution in [0.4, 0.5) is 0 Å². The van der Waals surface area contributed by atoms with E-state index in [1.165, 1.54) is 39.5 Å². The number of aliphatic hydroxyl groups is 4. The second-order valence-corrected chi connectivity index (χ2v) is 8.13. The van der Waals surface area contributed by atoms with Gasteiger partial charge in [-0.05, 0) is 18.2 Å². The number of fused-ring (bicyclic) bond motifs is 1. The predicted octanol–water partition coefficient (Wildman–Crippen LogP) is 0.0757. The van der Waals surface area contributed by atoms with Crippen LogP contribution >= 0.6 is 0 Å². The fraction of sp³-hybridized carbons (Fsp3) is 0.375. The van der Waals surface area contributed by atoms with E-state index >= 15 is 0 Å². The lowest BCUT2D eigenvalue weighted by atomic mass is 9.99. The maximum Gasteiger partial charge on any atom is 0.239 e. The highest BCUT2D eigenvalue weighted by atomic mass is 16.7. The highest BCUT2D eigenvalue weighted by Crippen LogP contribution is 2.45. The highest BCUT2D eigenvalue weighted by Gasteiger charge is 2.45. The molecule has 13 heteroatoms. The van der Waals surface area contributed by atoms with Crippen molar-refractivity contribution in [1.82, 2.24) is 0 Å². The second kappa shape index (κ2) is 10.3. The van der Waals surface area contributed by atoms with Gasteiger partial charge in [0.15, 0.2) is 28.8 Å². The van der Waals surface area contributed by atoms with Crippen LogP contribution in [0, 0.1) is 0 Å². The number of methoxy groups -OCH3 is 3. The molecule has 3 aromatic rings. The molecule has 0 amide bonds. The van der Waals surface area contributed by atoms with Crippen LogP contribution in [-0.2, 0) is 4.74 Å². The minimum absolute atomic E-state index is 0.0540. The van der Waals surface area contributed by atoms with Crippen molar-refractivity contribution in [3.05, 3.63) is 34.5 Å². The summed E-state index contributed by atoms with van der Waals surface area (Å²) in [5.74, 6) is -1.61.